The fourth-order valence-corrected chi connectivity index (χ4v) is 16.8. The molecule has 0 saturated carbocycles. The summed E-state index contributed by atoms with van der Waals surface area (Å²) in [5, 5.41) is 7.77. The molecule has 8 aliphatic rings. The van der Waals surface area contributed by atoms with Crippen LogP contribution in [0, 0.1) is 19.7 Å². The second kappa shape index (κ2) is 32.8. The molecular weight excluding hydrogens is 1420 g/mol. The Morgan fingerprint density at radius 2 is 0.919 bits per heavy atom. The fourth-order valence-electron chi connectivity index (χ4n) is 16.8. The zero-order chi connectivity index (χ0) is 78.0. The number of rotatable bonds is 19. The molecule has 111 heavy (non-hydrogen) atoms. The number of carbonyl (C=O) groups excluding carboxylic acids is 8. The predicted molar refractivity (Wildman–Crippen MR) is 411 cm³/mol. The van der Waals surface area contributed by atoms with Crippen molar-refractivity contribution in [2.75, 3.05) is 121 Å². The summed E-state index contributed by atoms with van der Waals surface area (Å²) in [6, 6.07) is 15.5. The Morgan fingerprint density at radius 3 is 1.36 bits per heavy atom. The van der Waals surface area contributed by atoms with Crippen LogP contribution in [0.1, 0.15) is 180 Å². The molecule has 6 saturated heterocycles. The van der Waals surface area contributed by atoms with E-state index >= 15 is 0 Å². The highest BCUT2D eigenvalue weighted by Gasteiger charge is 2.47. The number of pyridine rings is 2. The highest BCUT2D eigenvalue weighted by atomic mass is 19.1. The van der Waals surface area contributed by atoms with E-state index in [4.69, 9.17) is 19.4 Å². The van der Waals surface area contributed by atoms with E-state index in [2.05, 4.69) is 126 Å². The number of nitrogens with one attached hydrogen (secondary N) is 3. The lowest BCUT2D eigenvalue weighted by Gasteiger charge is -2.43. The topological polar surface area (TPSA) is 327 Å². The van der Waals surface area contributed by atoms with Crippen molar-refractivity contribution in [2.24, 2.45) is 0 Å². The van der Waals surface area contributed by atoms with Crippen molar-refractivity contribution < 1.29 is 52.2 Å². The van der Waals surface area contributed by atoms with Crippen LogP contribution in [0.2, 0.25) is 0 Å². The van der Waals surface area contributed by atoms with E-state index < -0.39 is 59.3 Å². The third-order valence-corrected chi connectivity index (χ3v) is 23.1. The van der Waals surface area contributed by atoms with E-state index in [1.807, 2.05) is 64.1 Å². The molecule has 584 valence electrons. The number of piperazine rings is 2. The molecular formula is C80H97FN20O10. The molecule has 2 unspecified atom stereocenters. The number of aromatic nitrogens is 10. The van der Waals surface area contributed by atoms with Crippen LogP contribution in [-0.2, 0) is 41.5 Å². The Labute approximate surface area is 643 Å². The number of carbonyl (C=O) groups is 8. The van der Waals surface area contributed by atoms with Gasteiger partial charge in [0.25, 0.3) is 23.6 Å². The highest BCUT2D eigenvalue weighted by molar-refractivity contribution is 6.24. The van der Waals surface area contributed by atoms with E-state index in [0.717, 1.165) is 226 Å². The van der Waals surface area contributed by atoms with E-state index in [9.17, 15) is 42.7 Å². The van der Waals surface area contributed by atoms with Crippen molar-refractivity contribution in [3.63, 3.8) is 0 Å². The van der Waals surface area contributed by atoms with Gasteiger partial charge in [0.15, 0.2) is 0 Å². The number of piperidine rings is 4. The quantitative estimate of drug-likeness (QED) is 0.0726. The number of imide groups is 4. The van der Waals surface area contributed by atoms with Gasteiger partial charge in [0.1, 0.15) is 40.6 Å². The minimum Gasteiger partial charge on any atom is -0.378 e. The Kier molecular flexibility index (Phi) is 22.9. The van der Waals surface area contributed by atoms with Gasteiger partial charge in [-0.2, -0.15) is 0 Å². The van der Waals surface area contributed by atoms with Crippen LogP contribution < -0.4 is 30.7 Å². The number of hydrogen-bond donors (Lipinski definition) is 3. The maximum Gasteiger partial charge on any atom is 0.262 e. The third-order valence-electron chi connectivity index (χ3n) is 23.1. The molecule has 6 fully saturated rings. The van der Waals surface area contributed by atoms with Crippen molar-refractivity contribution in [1.82, 2.24) is 84.6 Å². The average molecular weight is 1520 g/mol. The van der Waals surface area contributed by atoms with Gasteiger partial charge >= 0.3 is 0 Å². The van der Waals surface area contributed by atoms with E-state index in [0.29, 0.717) is 36.1 Å². The number of nitrogens with zero attached hydrogens (tertiary/aromatic N) is 17. The van der Waals surface area contributed by atoms with Gasteiger partial charge < -0.3 is 43.5 Å². The second-order valence-electron chi connectivity index (χ2n) is 30.6. The molecule has 8 aromatic rings. The lowest BCUT2D eigenvalue weighted by atomic mass is 9.87. The molecule has 0 radical (unpaired) electrons. The Balaban J connectivity index is 0.000000156. The number of amides is 8. The molecule has 0 spiro atoms. The first-order valence-corrected chi connectivity index (χ1v) is 38.7. The summed E-state index contributed by atoms with van der Waals surface area (Å²) >= 11 is 0. The van der Waals surface area contributed by atoms with E-state index in [-0.39, 0.29) is 53.9 Å². The lowest BCUT2D eigenvalue weighted by molar-refractivity contribution is -0.137. The van der Waals surface area contributed by atoms with Gasteiger partial charge in [-0.15, -0.1) is 0 Å². The summed E-state index contributed by atoms with van der Waals surface area (Å²) in [7, 11) is 3.70. The van der Waals surface area contributed by atoms with E-state index in [1.54, 1.807) is 12.1 Å². The van der Waals surface area contributed by atoms with Gasteiger partial charge in [-0.3, -0.25) is 73.7 Å². The smallest absolute Gasteiger partial charge is 0.262 e. The molecule has 8 aliphatic heterocycles. The van der Waals surface area contributed by atoms with Crippen molar-refractivity contribution >= 4 is 86.9 Å². The molecule has 0 bridgehead atoms. The minimum atomic E-state index is -1.02. The summed E-state index contributed by atoms with van der Waals surface area (Å²) in [5.74, 6) is -1.51. The highest BCUT2D eigenvalue weighted by Crippen LogP contribution is 2.36. The first kappa shape index (κ1) is 77.3. The number of benzene rings is 2. The number of halogens is 1. The summed E-state index contributed by atoms with van der Waals surface area (Å²) in [6.07, 6.45) is 14.9. The molecule has 31 heteroatoms. The Morgan fingerprint density at radius 1 is 0.486 bits per heavy atom. The van der Waals surface area contributed by atoms with Gasteiger partial charge in [-0.1, -0.05) is 0 Å². The summed E-state index contributed by atoms with van der Waals surface area (Å²) in [5.41, 5.74) is 9.18. The van der Waals surface area contributed by atoms with Crippen LogP contribution in [0.25, 0.3) is 22.1 Å². The van der Waals surface area contributed by atoms with Crippen LogP contribution in [0.15, 0.2) is 85.5 Å². The average Bonchev–Trinajstić information content (AvgIpc) is 1.61. The van der Waals surface area contributed by atoms with E-state index in [1.165, 1.54) is 6.07 Å². The monoisotopic (exact) mass is 1520 g/mol. The Hall–Kier alpha value is -10.5. The largest absolute Gasteiger partial charge is 0.378 e. The van der Waals surface area contributed by atoms with Crippen molar-refractivity contribution in [1.29, 1.82) is 0 Å². The maximum atomic E-state index is 13.3. The van der Waals surface area contributed by atoms with Gasteiger partial charge in [-0.25, -0.2) is 34.3 Å². The minimum absolute atomic E-state index is 0.0458. The SMILES string of the molecule is COC1(CCN2CCN(c3ccc4c(c3)C(=O)N(C3CCC(=O)NC3=O)C4=O)CC2)CCN(c2nccc(Cc3cc4c(cn3)nc(C)n4C(C)C)n2)CC1.COC1(CCN2CCNCC2)CCN(c2nccc(Cc3cc4c(cn3)nc(C)n4C(C)C)n2)CC1.O=C1CCC(N2C(=O)c3ccc(F)cc3C2=O)C(=O)N1. The van der Waals surface area contributed by atoms with Crippen LogP contribution in [0.4, 0.5) is 22.0 Å². The summed E-state index contributed by atoms with van der Waals surface area (Å²) < 4.78 is 30.0. The number of fused-ring (bicyclic) bond motifs is 4. The number of methoxy groups -OCH3 is 2. The first-order chi connectivity index (χ1) is 53.5. The number of anilines is 3. The molecule has 6 aromatic heterocycles. The van der Waals surface area contributed by atoms with Crippen molar-refractivity contribution in [3.05, 3.63) is 148 Å². The fraction of sp³-hybridized carbons (Fsp3) is 0.500. The Bertz CT molecular complexity index is 4880. The number of aryl methyl sites for hydroxylation is 2. The number of imidazole rings is 2. The molecule has 30 nitrogen and oxygen atoms in total. The molecule has 14 heterocycles. The standard InChI is InChI=1S/C40H48N10O5.C27H40N8O.C13H9FN2O4/c1-25(2)49-26(3)43-32-24-42-28(22-34(32)49)21-27-9-13-41-39(44-27)48-15-11-40(55-4,12-16-48)10-14-46-17-19-47(20-18-46)29-5-6-30-31(23-29)38(54)50(37(30)53)33-7-8-35(51)45-36(33)52;1-20(2)35-21(3)31-24-19-30-23(18-25(24)35)17-22-5-9-29-26(32-22)34-13-7-27(36-4,8-14-34)6-12-33-15-10-28-11-16-33;14-6-1-2-7-8(5-6)13(20)16(12(7)19)9-3-4-10(17)15-11(9)18/h5-6,9,13,22-25,33H,7-8,10-12,14-21H2,1-4H3,(H,45,51,52);5,9,18-20,28H,6-8,10-17H2,1-4H3;1-2,5,9H,3-4H2,(H,15,17,18). The van der Waals surface area contributed by atoms with Gasteiger partial charge in [0.05, 0.1) is 68.3 Å². The number of hydrogen-bond acceptors (Lipinski definition) is 24. The van der Waals surface area contributed by atoms with Crippen LogP contribution in [-0.4, -0.2) is 245 Å². The summed E-state index contributed by atoms with van der Waals surface area (Å²) in [4.78, 5) is 149. The third kappa shape index (κ3) is 16.5. The maximum absolute atomic E-state index is 13.3. The van der Waals surface area contributed by atoms with Gasteiger partial charge in [-0.05, 0) is 154 Å². The lowest BCUT2D eigenvalue weighted by Crippen LogP contribution is -2.54. The van der Waals surface area contributed by atoms with Gasteiger partial charge in [0, 0.05) is 173 Å². The predicted octanol–water partition coefficient (Wildman–Crippen LogP) is 6.51. The molecule has 3 N–H and O–H groups in total. The van der Waals surface area contributed by atoms with Crippen LogP contribution in [0.3, 0.4) is 0 Å². The molecule has 2 aromatic carbocycles. The zero-order valence-electron chi connectivity index (χ0n) is 64.3. The normalized spacial score (nSPS) is 20.3. The molecule has 16 rings (SSSR count). The molecule has 8 amide bonds. The van der Waals surface area contributed by atoms with Crippen LogP contribution >= 0.6 is 0 Å². The second-order valence-corrected chi connectivity index (χ2v) is 30.6. The summed E-state index contributed by atoms with van der Waals surface area (Å²) in [6.45, 7) is 26.0. The zero-order valence-corrected chi connectivity index (χ0v) is 64.3. The molecule has 0 aliphatic carbocycles. The van der Waals surface area contributed by atoms with Gasteiger partial charge in [0.2, 0.25) is 35.5 Å². The molecule has 2 atom stereocenters. The number of ether oxygens (including phenoxy) is 2. The van der Waals surface area contributed by atoms with Crippen molar-refractivity contribution in [2.45, 2.75) is 154 Å². The van der Waals surface area contributed by atoms with Crippen molar-refractivity contribution in [3.8, 4) is 0 Å². The van der Waals surface area contributed by atoms with Crippen LogP contribution in [0.5, 0.6) is 0 Å². The first-order valence-electron chi connectivity index (χ1n) is 38.7.